The molecule has 0 aliphatic carbocycles. The summed E-state index contributed by atoms with van der Waals surface area (Å²) < 4.78 is 11.9. The second-order valence-electron chi connectivity index (χ2n) is 3.07. The van der Waals surface area contributed by atoms with Crippen LogP contribution in [0.25, 0.3) is 10.9 Å². The Hall–Kier alpha value is -1.55. The van der Waals surface area contributed by atoms with Gasteiger partial charge in [0.15, 0.2) is 5.75 Å². The number of aliphatic hydroxyl groups excluding tert-OH is 1. The second kappa shape index (κ2) is 3.67. The molecule has 0 atom stereocenters. The molecule has 0 radical (unpaired) electrons. The first kappa shape index (κ1) is 9.02. The van der Waals surface area contributed by atoms with E-state index in [9.17, 15) is 4.53 Å². The number of aromatic nitrogens is 1. The zero-order chi connectivity index (χ0) is 9.97. The van der Waals surface area contributed by atoms with E-state index in [1.807, 2.05) is 6.20 Å². The molecule has 4 heteroatoms. The zero-order valence-electron chi connectivity index (χ0n) is 7.46. The van der Waals surface area contributed by atoms with Gasteiger partial charge in [-0.1, -0.05) is 0 Å². The molecular formula is C10H10FNO2. The number of H-pyrrole nitrogens is 1. The average Bonchev–Trinajstić information content (AvgIpc) is 2.61. The third-order valence-corrected chi connectivity index (χ3v) is 2.21. The van der Waals surface area contributed by atoms with E-state index in [1.165, 1.54) is 0 Å². The van der Waals surface area contributed by atoms with Crippen LogP contribution in [0.2, 0.25) is 0 Å². The molecule has 0 aliphatic heterocycles. The Morgan fingerprint density at radius 1 is 1.43 bits per heavy atom. The summed E-state index contributed by atoms with van der Waals surface area (Å²) in [6.07, 6.45) is 2.36. The summed E-state index contributed by atoms with van der Waals surface area (Å²) in [5, 5.41) is 9.69. The Labute approximate surface area is 80.0 Å². The average molecular weight is 195 g/mol. The van der Waals surface area contributed by atoms with Crippen molar-refractivity contribution in [3.8, 4) is 5.75 Å². The van der Waals surface area contributed by atoms with Gasteiger partial charge in [0.1, 0.15) is 0 Å². The van der Waals surface area contributed by atoms with E-state index in [2.05, 4.69) is 9.93 Å². The van der Waals surface area contributed by atoms with Crippen molar-refractivity contribution in [2.75, 3.05) is 6.61 Å². The van der Waals surface area contributed by atoms with Crippen molar-refractivity contribution in [2.24, 2.45) is 0 Å². The SMILES string of the molecule is OCCc1c[nH]c2ccc(OF)cc12. The van der Waals surface area contributed by atoms with E-state index < -0.39 is 0 Å². The third kappa shape index (κ3) is 1.44. The lowest BCUT2D eigenvalue weighted by atomic mass is 10.1. The quantitative estimate of drug-likeness (QED) is 0.786. The molecule has 0 saturated heterocycles. The van der Waals surface area contributed by atoms with Crippen molar-refractivity contribution in [3.05, 3.63) is 30.0 Å². The maximum Gasteiger partial charge on any atom is 0.172 e. The molecule has 2 aromatic rings. The van der Waals surface area contributed by atoms with E-state index in [0.717, 1.165) is 16.5 Å². The molecule has 0 saturated carbocycles. The first-order chi connectivity index (χ1) is 6.85. The number of hydrogen-bond donors (Lipinski definition) is 2. The number of halogens is 1. The molecule has 2 N–H and O–H groups in total. The summed E-state index contributed by atoms with van der Waals surface area (Å²) in [4.78, 5) is 6.68. The lowest BCUT2D eigenvalue weighted by Gasteiger charge is -1.97. The number of nitrogens with one attached hydrogen (secondary N) is 1. The predicted octanol–water partition coefficient (Wildman–Crippen LogP) is 1.97. The number of benzene rings is 1. The second-order valence-corrected chi connectivity index (χ2v) is 3.07. The van der Waals surface area contributed by atoms with E-state index in [4.69, 9.17) is 5.11 Å². The molecule has 1 heterocycles. The third-order valence-electron chi connectivity index (χ3n) is 2.21. The van der Waals surface area contributed by atoms with Crippen molar-refractivity contribution in [1.82, 2.24) is 4.98 Å². The normalized spacial score (nSPS) is 10.7. The number of rotatable bonds is 3. The van der Waals surface area contributed by atoms with Gasteiger partial charge in [0.25, 0.3) is 0 Å². The highest BCUT2D eigenvalue weighted by molar-refractivity contribution is 5.84. The maximum absolute atomic E-state index is 11.9. The van der Waals surface area contributed by atoms with Crippen molar-refractivity contribution in [2.45, 2.75) is 6.42 Å². The van der Waals surface area contributed by atoms with Gasteiger partial charge >= 0.3 is 0 Å². The van der Waals surface area contributed by atoms with Gasteiger partial charge in [-0.3, -0.25) is 4.94 Å². The molecule has 2 rings (SSSR count). The summed E-state index contributed by atoms with van der Waals surface area (Å²) in [6.45, 7) is 0.0770. The van der Waals surface area contributed by atoms with E-state index >= 15 is 0 Å². The van der Waals surface area contributed by atoms with E-state index in [-0.39, 0.29) is 12.4 Å². The molecule has 0 spiro atoms. The molecule has 0 amide bonds. The van der Waals surface area contributed by atoms with Crippen LogP contribution in [-0.4, -0.2) is 16.7 Å². The van der Waals surface area contributed by atoms with Crippen LogP contribution in [0.4, 0.5) is 4.53 Å². The van der Waals surface area contributed by atoms with Crippen LogP contribution in [0, 0.1) is 0 Å². The fourth-order valence-corrected chi connectivity index (χ4v) is 1.53. The van der Waals surface area contributed by atoms with Crippen molar-refractivity contribution >= 4 is 10.9 Å². The minimum absolute atomic E-state index is 0.0770. The van der Waals surface area contributed by atoms with Gasteiger partial charge in [-0.05, 0) is 30.2 Å². The number of hydrogen-bond acceptors (Lipinski definition) is 2. The highest BCUT2D eigenvalue weighted by Gasteiger charge is 2.04. The minimum atomic E-state index is 0.0770. The van der Waals surface area contributed by atoms with E-state index in [0.29, 0.717) is 6.42 Å². The van der Waals surface area contributed by atoms with E-state index in [1.54, 1.807) is 18.2 Å². The Morgan fingerprint density at radius 2 is 2.29 bits per heavy atom. The fraction of sp³-hybridized carbons (Fsp3) is 0.200. The standard InChI is InChI=1S/C10H10FNO2/c11-14-8-1-2-10-9(5-8)7(3-4-13)6-12-10/h1-2,5-6,12-13H,3-4H2. The molecular weight excluding hydrogens is 185 g/mol. The lowest BCUT2D eigenvalue weighted by molar-refractivity contribution is -0.00603. The minimum Gasteiger partial charge on any atom is -0.396 e. The largest absolute Gasteiger partial charge is 0.396 e. The Balaban J connectivity index is 2.52. The van der Waals surface area contributed by atoms with Crippen molar-refractivity contribution < 1.29 is 14.6 Å². The predicted molar refractivity (Wildman–Crippen MR) is 50.8 cm³/mol. The smallest absolute Gasteiger partial charge is 0.172 e. The molecule has 0 fully saturated rings. The molecule has 74 valence electrons. The van der Waals surface area contributed by atoms with Gasteiger partial charge in [0.2, 0.25) is 0 Å². The van der Waals surface area contributed by atoms with Crippen LogP contribution >= 0.6 is 0 Å². The first-order valence-electron chi connectivity index (χ1n) is 4.34. The fourth-order valence-electron chi connectivity index (χ4n) is 1.53. The van der Waals surface area contributed by atoms with Crippen LogP contribution in [0.1, 0.15) is 5.56 Å². The summed E-state index contributed by atoms with van der Waals surface area (Å²) in [6, 6.07) is 4.89. The highest BCUT2D eigenvalue weighted by Crippen LogP contribution is 2.24. The van der Waals surface area contributed by atoms with Gasteiger partial charge < -0.3 is 10.1 Å². The van der Waals surface area contributed by atoms with Gasteiger partial charge in [-0.25, -0.2) is 0 Å². The van der Waals surface area contributed by atoms with Crippen LogP contribution in [-0.2, 0) is 6.42 Å². The molecule has 0 aliphatic rings. The summed E-state index contributed by atoms with van der Waals surface area (Å²) >= 11 is 0. The van der Waals surface area contributed by atoms with Crippen molar-refractivity contribution in [1.29, 1.82) is 0 Å². The lowest BCUT2D eigenvalue weighted by Crippen LogP contribution is -1.88. The van der Waals surface area contributed by atoms with Gasteiger partial charge in [0, 0.05) is 28.2 Å². The van der Waals surface area contributed by atoms with Crippen LogP contribution in [0.3, 0.4) is 0 Å². The highest BCUT2D eigenvalue weighted by atomic mass is 19.3. The monoisotopic (exact) mass is 195 g/mol. The van der Waals surface area contributed by atoms with Crippen LogP contribution in [0.5, 0.6) is 5.75 Å². The molecule has 1 aromatic carbocycles. The number of fused-ring (bicyclic) bond motifs is 1. The molecule has 1 aromatic heterocycles. The topological polar surface area (TPSA) is 45.2 Å². The number of aromatic amines is 1. The summed E-state index contributed by atoms with van der Waals surface area (Å²) in [5.74, 6) is 0.177. The van der Waals surface area contributed by atoms with Gasteiger partial charge in [-0.15, -0.1) is 0 Å². The van der Waals surface area contributed by atoms with Crippen LogP contribution in [0.15, 0.2) is 24.4 Å². The van der Waals surface area contributed by atoms with Gasteiger partial charge in [-0.2, -0.15) is 0 Å². The number of aliphatic hydroxyl groups is 1. The Morgan fingerprint density at radius 3 is 3.00 bits per heavy atom. The molecule has 14 heavy (non-hydrogen) atoms. The molecule has 0 unspecified atom stereocenters. The van der Waals surface area contributed by atoms with Crippen molar-refractivity contribution in [3.63, 3.8) is 0 Å². The van der Waals surface area contributed by atoms with Crippen LogP contribution < -0.4 is 4.94 Å². The summed E-state index contributed by atoms with van der Waals surface area (Å²) in [7, 11) is 0. The molecule has 0 bridgehead atoms. The summed E-state index contributed by atoms with van der Waals surface area (Å²) in [5.41, 5.74) is 1.87. The zero-order valence-corrected chi connectivity index (χ0v) is 7.46. The van der Waals surface area contributed by atoms with Gasteiger partial charge in [0.05, 0.1) is 0 Å². The first-order valence-corrected chi connectivity index (χ1v) is 4.34. The Kier molecular flexibility index (Phi) is 2.37. The molecule has 3 nitrogen and oxygen atoms in total. The Bertz CT molecular complexity index is 439. The maximum atomic E-state index is 11.9.